The number of ether oxygens (including phenoxy) is 2. The minimum atomic E-state index is 0.547. The molecule has 1 N–H and O–H groups in total. The summed E-state index contributed by atoms with van der Waals surface area (Å²) in [5.41, 5.74) is 5.17. The maximum Gasteiger partial charge on any atom is 0.122 e. The SMILES string of the molecule is CC[C@@H]1CC[C@@H](C)C(NN2CCC(c3cc(OC)ccc3OC)CC2)C1. The molecule has 0 aromatic heterocycles. The number of hydrogen-bond acceptors (Lipinski definition) is 4. The standard InChI is InChI=1S/C22H36N2O2/c1-5-17-7-6-16(2)21(14-17)23-24-12-10-18(11-13-24)20-15-19(25-3)8-9-22(20)26-4/h8-9,15-18,21,23H,5-7,10-14H2,1-4H3/t16-,17-,21?/m1/s1. The van der Waals surface area contributed by atoms with E-state index < -0.39 is 0 Å². The van der Waals surface area contributed by atoms with E-state index >= 15 is 0 Å². The Bertz CT molecular complexity index is 569. The van der Waals surface area contributed by atoms with Crippen molar-refractivity contribution in [3.05, 3.63) is 23.8 Å². The Balaban J connectivity index is 1.57. The quantitative estimate of drug-likeness (QED) is 0.804. The molecule has 3 atom stereocenters. The fourth-order valence-electron chi connectivity index (χ4n) is 4.67. The van der Waals surface area contributed by atoms with Crippen LogP contribution in [0.4, 0.5) is 0 Å². The molecule has 1 aliphatic heterocycles. The van der Waals surface area contributed by atoms with Gasteiger partial charge in [-0.25, -0.2) is 5.01 Å². The first-order valence-corrected chi connectivity index (χ1v) is 10.4. The highest BCUT2D eigenvalue weighted by Gasteiger charge is 2.30. The Kier molecular flexibility index (Phi) is 6.82. The second-order valence-corrected chi connectivity index (χ2v) is 8.17. The predicted octanol–water partition coefficient (Wildman–Crippen LogP) is 4.60. The summed E-state index contributed by atoms with van der Waals surface area (Å²) in [5, 5.41) is 2.47. The largest absolute Gasteiger partial charge is 0.497 e. The molecule has 3 rings (SSSR count). The van der Waals surface area contributed by atoms with Gasteiger partial charge in [-0.05, 0) is 61.6 Å². The zero-order valence-corrected chi connectivity index (χ0v) is 17.0. The van der Waals surface area contributed by atoms with Gasteiger partial charge in [-0.15, -0.1) is 0 Å². The third-order valence-electron chi connectivity index (χ3n) is 6.60. The summed E-state index contributed by atoms with van der Waals surface area (Å²) in [7, 11) is 3.49. The van der Waals surface area contributed by atoms with Crippen molar-refractivity contribution in [1.29, 1.82) is 0 Å². The van der Waals surface area contributed by atoms with Crippen molar-refractivity contribution in [3.63, 3.8) is 0 Å². The molecule has 1 unspecified atom stereocenters. The summed E-state index contributed by atoms with van der Waals surface area (Å²) in [4.78, 5) is 0. The highest BCUT2D eigenvalue weighted by atomic mass is 16.5. The summed E-state index contributed by atoms with van der Waals surface area (Å²) in [5.74, 6) is 4.15. The maximum atomic E-state index is 5.60. The lowest BCUT2D eigenvalue weighted by molar-refractivity contribution is 0.0735. The van der Waals surface area contributed by atoms with E-state index in [2.05, 4.69) is 30.3 Å². The second-order valence-electron chi connectivity index (χ2n) is 8.17. The van der Waals surface area contributed by atoms with Crippen LogP contribution < -0.4 is 14.9 Å². The molecule has 1 aromatic rings. The monoisotopic (exact) mass is 360 g/mol. The first-order valence-electron chi connectivity index (χ1n) is 10.4. The zero-order valence-electron chi connectivity index (χ0n) is 17.0. The van der Waals surface area contributed by atoms with Crippen LogP contribution in [0.25, 0.3) is 0 Å². The van der Waals surface area contributed by atoms with Gasteiger partial charge in [0, 0.05) is 24.7 Å². The summed E-state index contributed by atoms with van der Waals surface area (Å²) in [6, 6.07) is 6.82. The molecule has 1 saturated carbocycles. The van der Waals surface area contributed by atoms with E-state index in [4.69, 9.17) is 9.47 Å². The Morgan fingerprint density at radius 1 is 1.08 bits per heavy atom. The van der Waals surface area contributed by atoms with Gasteiger partial charge >= 0.3 is 0 Å². The molecule has 0 bridgehead atoms. The van der Waals surface area contributed by atoms with E-state index in [0.29, 0.717) is 12.0 Å². The van der Waals surface area contributed by atoms with Gasteiger partial charge in [0.15, 0.2) is 0 Å². The summed E-state index contributed by atoms with van der Waals surface area (Å²) < 4.78 is 11.0. The molecule has 0 radical (unpaired) electrons. The van der Waals surface area contributed by atoms with Crippen molar-refractivity contribution in [2.24, 2.45) is 11.8 Å². The summed E-state index contributed by atoms with van der Waals surface area (Å²) in [6.07, 6.45) is 7.76. The Hall–Kier alpha value is -1.26. The van der Waals surface area contributed by atoms with Gasteiger partial charge in [-0.1, -0.05) is 26.7 Å². The van der Waals surface area contributed by atoms with Crippen LogP contribution in [0.3, 0.4) is 0 Å². The third kappa shape index (κ3) is 4.52. The topological polar surface area (TPSA) is 33.7 Å². The van der Waals surface area contributed by atoms with Crippen molar-refractivity contribution in [1.82, 2.24) is 10.4 Å². The van der Waals surface area contributed by atoms with Gasteiger partial charge in [0.25, 0.3) is 0 Å². The highest BCUT2D eigenvalue weighted by molar-refractivity contribution is 5.42. The van der Waals surface area contributed by atoms with Crippen LogP contribution in [0.5, 0.6) is 11.5 Å². The number of nitrogens with one attached hydrogen (secondary N) is 1. The Morgan fingerprint density at radius 2 is 1.85 bits per heavy atom. The molecule has 1 aromatic carbocycles. The van der Waals surface area contributed by atoms with E-state index in [9.17, 15) is 0 Å². The van der Waals surface area contributed by atoms with Crippen LogP contribution in [-0.2, 0) is 0 Å². The Morgan fingerprint density at radius 3 is 2.50 bits per heavy atom. The van der Waals surface area contributed by atoms with Crippen molar-refractivity contribution in [2.75, 3.05) is 27.3 Å². The van der Waals surface area contributed by atoms with Crippen LogP contribution in [0.15, 0.2) is 18.2 Å². The molecular weight excluding hydrogens is 324 g/mol. The van der Waals surface area contributed by atoms with Crippen LogP contribution in [0.1, 0.15) is 63.9 Å². The lowest BCUT2D eigenvalue weighted by Gasteiger charge is -2.40. The summed E-state index contributed by atoms with van der Waals surface area (Å²) in [6.45, 7) is 6.96. The second kappa shape index (κ2) is 9.09. The van der Waals surface area contributed by atoms with Crippen LogP contribution in [0, 0.1) is 11.8 Å². The average Bonchev–Trinajstić information content (AvgIpc) is 2.69. The van der Waals surface area contributed by atoms with E-state index in [1.807, 2.05) is 12.1 Å². The van der Waals surface area contributed by atoms with Gasteiger partial charge in [-0.2, -0.15) is 0 Å². The number of piperidine rings is 1. The van der Waals surface area contributed by atoms with Crippen LogP contribution >= 0.6 is 0 Å². The molecule has 0 spiro atoms. The molecule has 1 heterocycles. The van der Waals surface area contributed by atoms with Gasteiger partial charge in [0.05, 0.1) is 14.2 Å². The molecule has 4 nitrogen and oxygen atoms in total. The van der Waals surface area contributed by atoms with E-state index in [-0.39, 0.29) is 0 Å². The van der Waals surface area contributed by atoms with E-state index in [1.54, 1.807) is 14.2 Å². The van der Waals surface area contributed by atoms with Crippen LogP contribution in [-0.4, -0.2) is 38.4 Å². The molecule has 1 saturated heterocycles. The van der Waals surface area contributed by atoms with E-state index in [1.165, 1.54) is 31.2 Å². The van der Waals surface area contributed by atoms with E-state index in [0.717, 1.165) is 49.3 Å². The fourth-order valence-corrected chi connectivity index (χ4v) is 4.67. The molecule has 0 amide bonds. The maximum absolute atomic E-state index is 5.60. The number of hydrogen-bond donors (Lipinski definition) is 1. The van der Waals surface area contributed by atoms with Crippen molar-refractivity contribution in [3.8, 4) is 11.5 Å². The lowest BCUT2D eigenvalue weighted by Crippen LogP contribution is -2.52. The molecular formula is C22H36N2O2. The minimum absolute atomic E-state index is 0.547. The van der Waals surface area contributed by atoms with Crippen molar-refractivity contribution >= 4 is 0 Å². The molecule has 146 valence electrons. The third-order valence-corrected chi connectivity index (χ3v) is 6.60. The number of nitrogens with zero attached hydrogens (tertiary/aromatic N) is 1. The molecule has 4 heteroatoms. The minimum Gasteiger partial charge on any atom is -0.497 e. The van der Waals surface area contributed by atoms with Gasteiger partial charge < -0.3 is 9.47 Å². The van der Waals surface area contributed by atoms with Gasteiger partial charge in [0.2, 0.25) is 0 Å². The number of methoxy groups -OCH3 is 2. The average molecular weight is 361 g/mol. The Labute approximate surface area is 159 Å². The predicted molar refractivity (Wildman–Crippen MR) is 107 cm³/mol. The molecule has 26 heavy (non-hydrogen) atoms. The summed E-state index contributed by atoms with van der Waals surface area (Å²) >= 11 is 0. The number of rotatable bonds is 6. The normalized spacial score (nSPS) is 28.1. The fraction of sp³-hybridized carbons (Fsp3) is 0.727. The van der Waals surface area contributed by atoms with Crippen LogP contribution in [0.2, 0.25) is 0 Å². The van der Waals surface area contributed by atoms with Gasteiger partial charge in [-0.3, -0.25) is 5.43 Å². The number of benzene rings is 1. The molecule has 1 aliphatic carbocycles. The first-order chi connectivity index (χ1) is 12.6. The lowest BCUT2D eigenvalue weighted by atomic mass is 9.78. The van der Waals surface area contributed by atoms with Crippen molar-refractivity contribution < 1.29 is 9.47 Å². The molecule has 2 aliphatic rings. The van der Waals surface area contributed by atoms with Crippen molar-refractivity contribution in [2.45, 2.75) is 64.3 Å². The zero-order chi connectivity index (χ0) is 18.5. The smallest absolute Gasteiger partial charge is 0.122 e. The first kappa shape index (κ1) is 19.5. The highest BCUT2D eigenvalue weighted by Crippen LogP contribution is 2.37. The van der Waals surface area contributed by atoms with Gasteiger partial charge in [0.1, 0.15) is 11.5 Å². The number of hydrazine groups is 1. The molecule has 2 fully saturated rings.